The summed E-state index contributed by atoms with van der Waals surface area (Å²) in [7, 11) is 1.69. The van der Waals surface area contributed by atoms with Crippen molar-refractivity contribution in [3.8, 4) is 0 Å². The lowest BCUT2D eigenvalue weighted by atomic mass is 10.2. The summed E-state index contributed by atoms with van der Waals surface area (Å²) < 4.78 is 5.33. The van der Waals surface area contributed by atoms with Gasteiger partial charge >= 0.3 is 0 Å². The Morgan fingerprint density at radius 1 is 1.25 bits per heavy atom. The molecular formula is C14H14Cl2N2O2. The molecule has 0 bridgehead atoms. The van der Waals surface area contributed by atoms with Crippen LogP contribution in [0.4, 0.5) is 0 Å². The predicted molar refractivity (Wildman–Crippen MR) is 78.9 cm³/mol. The molecule has 2 aromatic rings. The third-order valence-electron chi connectivity index (χ3n) is 2.82. The van der Waals surface area contributed by atoms with E-state index in [9.17, 15) is 4.79 Å². The Labute approximate surface area is 127 Å². The van der Waals surface area contributed by atoms with Crippen molar-refractivity contribution < 1.29 is 9.21 Å². The third-order valence-corrected chi connectivity index (χ3v) is 3.56. The van der Waals surface area contributed by atoms with E-state index in [0.717, 1.165) is 5.56 Å². The monoisotopic (exact) mass is 312 g/mol. The highest BCUT2D eigenvalue weighted by atomic mass is 35.5. The van der Waals surface area contributed by atoms with Gasteiger partial charge in [0, 0.05) is 13.6 Å². The maximum atomic E-state index is 12.2. The second kappa shape index (κ2) is 6.31. The van der Waals surface area contributed by atoms with Crippen LogP contribution in [-0.4, -0.2) is 17.9 Å². The van der Waals surface area contributed by atoms with Crippen molar-refractivity contribution in [2.24, 2.45) is 5.73 Å². The van der Waals surface area contributed by atoms with Gasteiger partial charge in [0.2, 0.25) is 0 Å². The molecule has 1 amide bonds. The zero-order valence-electron chi connectivity index (χ0n) is 10.9. The van der Waals surface area contributed by atoms with Crippen molar-refractivity contribution in [1.82, 2.24) is 4.90 Å². The molecule has 0 aliphatic carbocycles. The van der Waals surface area contributed by atoms with Gasteiger partial charge in [-0.2, -0.15) is 0 Å². The number of furan rings is 1. The van der Waals surface area contributed by atoms with Crippen LogP contribution in [0.25, 0.3) is 0 Å². The molecule has 0 aliphatic rings. The van der Waals surface area contributed by atoms with E-state index in [1.54, 1.807) is 36.2 Å². The molecule has 1 aromatic heterocycles. The topological polar surface area (TPSA) is 59.5 Å². The first-order valence-electron chi connectivity index (χ1n) is 5.99. The molecule has 1 heterocycles. The van der Waals surface area contributed by atoms with Gasteiger partial charge < -0.3 is 15.1 Å². The zero-order valence-corrected chi connectivity index (χ0v) is 12.4. The molecule has 0 saturated carbocycles. The number of amides is 1. The summed E-state index contributed by atoms with van der Waals surface area (Å²) in [5.74, 6) is 0.639. The summed E-state index contributed by atoms with van der Waals surface area (Å²) >= 11 is 11.8. The standard InChI is InChI=1S/C14H14Cl2N2O2/c1-18(8-9-2-4-11(15)12(16)6-9)14(19)13-5-3-10(7-17)20-13/h2-6H,7-8,17H2,1H3. The van der Waals surface area contributed by atoms with E-state index in [1.807, 2.05) is 6.07 Å². The molecule has 0 saturated heterocycles. The fourth-order valence-electron chi connectivity index (χ4n) is 1.77. The van der Waals surface area contributed by atoms with Gasteiger partial charge in [-0.3, -0.25) is 4.79 Å². The normalized spacial score (nSPS) is 10.6. The van der Waals surface area contributed by atoms with E-state index in [1.165, 1.54) is 0 Å². The van der Waals surface area contributed by atoms with Gasteiger partial charge in [-0.05, 0) is 29.8 Å². The number of hydrogen-bond acceptors (Lipinski definition) is 3. The fraction of sp³-hybridized carbons (Fsp3) is 0.214. The number of halogens is 2. The number of carbonyl (C=O) groups is 1. The molecule has 4 nitrogen and oxygen atoms in total. The SMILES string of the molecule is CN(Cc1ccc(Cl)c(Cl)c1)C(=O)c1ccc(CN)o1. The number of nitrogens with zero attached hydrogens (tertiary/aromatic N) is 1. The van der Waals surface area contributed by atoms with Crippen LogP contribution in [0.2, 0.25) is 10.0 Å². The van der Waals surface area contributed by atoms with Crippen molar-refractivity contribution in [3.63, 3.8) is 0 Å². The van der Waals surface area contributed by atoms with Crippen molar-refractivity contribution in [1.29, 1.82) is 0 Å². The van der Waals surface area contributed by atoms with Gasteiger partial charge in [-0.15, -0.1) is 0 Å². The Hall–Kier alpha value is -1.49. The van der Waals surface area contributed by atoms with Crippen LogP contribution in [0.15, 0.2) is 34.7 Å². The third kappa shape index (κ3) is 3.33. The Kier molecular flexibility index (Phi) is 4.70. The van der Waals surface area contributed by atoms with Gasteiger partial charge in [0.1, 0.15) is 5.76 Å². The summed E-state index contributed by atoms with van der Waals surface area (Å²) in [6.07, 6.45) is 0. The van der Waals surface area contributed by atoms with E-state index in [4.69, 9.17) is 33.4 Å². The van der Waals surface area contributed by atoms with Gasteiger partial charge in [0.25, 0.3) is 5.91 Å². The molecule has 0 spiro atoms. The van der Waals surface area contributed by atoms with Crippen LogP contribution in [-0.2, 0) is 13.1 Å². The summed E-state index contributed by atoms with van der Waals surface area (Å²) in [5.41, 5.74) is 6.34. The molecule has 0 atom stereocenters. The minimum Gasteiger partial charge on any atom is -0.455 e. The van der Waals surface area contributed by atoms with Crippen molar-refractivity contribution in [3.05, 3.63) is 57.5 Å². The average molecular weight is 313 g/mol. The lowest BCUT2D eigenvalue weighted by molar-refractivity contribution is 0.0751. The quantitative estimate of drug-likeness (QED) is 0.942. The van der Waals surface area contributed by atoms with Gasteiger partial charge in [-0.1, -0.05) is 29.3 Å². The zero-order chi connectivity index (χ0) is 14.7. The van der Waals surface area contributed by atoms with E-state index in [0.29, 0.717) is 22.4 Å². The fourth-order valence-corrected chi connectivity index (χ4v) is 2.10. The lowest BCUT2D eigenvalue weighted by Gasteiger charge is -2.16. The number of benzene rings is 1. The number of rotatable bonds is 4. The molecule has 0 fully saturated rings. The molecule has 1 aromatic carbocycles. The minimum absolute atomic E-state index is 0.212. The molecule has 0 radical (unpaired) electrons. The minimum atomic E-state index is -0.212. The number of nitrogens with two attached hydrogens (primary N) is 1. The first-order chi connectivity index (χ1) is 9.51. The van der Waals surface area contributed by atoms with Crippen LogP contribution in [0.1, 0.15) is 21.9 Å². The van der Waals surface area contributed by atoms with Crippen LogP contribution in [0, 0.1) is 0 Å². The average Bonchev–Trinajstić information content (AvgIpc) is 2.91. The molecular weight excluding hydrogens is 299 g/mol. The Balaban J connectivity index is 2.08. The van der Waals surface area contributed by atoms with E-state index in [2.05, 4.69) is 0 Å². The van der Waals surface area contributed by atoms with E-state index >= 15 is 0 Å². The van der Waals surface area contributed by atoms with Crippen molar-refractivity contribution in [2.45, 2.75) is 13.1 Å². The Morgan fingerprint density at radius 2 is 2.00 bits per heavy atom. The summed E-state index contributed by atoms with van der Waals surface area (Å²) in [5, 5.41) is 0.955. The van der Waals surface area contributed by atoms with E-state index in [-0.39, 0.29) is 18.2 Å². The highest BCUT2D eigenvalue weighted by molar-refractivity contribution is 6.42. The largest absolute Gasteiger partial charge is 0.455 e. The second-order valence-corrected chi connectivity index (χ2v) is 5.19. The van der Waals surface area contributed by atoms with Crippen molar-refractivity contribution >= 4 is 29.1 Å². The first kappa shape index (κ1) is 14.9. The van der Waals surface area contributed by atoms with Crippen LogP contribution in [0.5, 0.6) is 0 Å². The maximum Gasteiger partial charge on any atom is 0.289 e. The predicted octanol–water partition coefficient (Wildman–Crippen LogP) is 3.32. The highest BCUT2D eigenvalue weighted by Gasteiger charge is 2.16. The number of hydrogen-bond donors (Lipinski definition) is 1. The van der Waals surface area contributed by atoms with Crippen LogP contribution in [0.3, 0.4) is 0 Å². The molecule has 6 heteroatoms. The smallest absolute Gasteiger partial charge is 0.289 e. The molecule has 0 aliphatic heterocycles. The second-order valence-electron chi connectivity index (χ2n) is 4.38. The van der Waals surface area contributed by atoms with E-state index < -0.39 is 0 Å². The maximum absolute atomic E-state index is 12.2. The Bertz CT molecular complexity index is 625. The Morgan fingerprint density at radius 3 is 2.60 bits per heavy atom. The molecule has 20 heavy (non-hydrogen) atoms. The molecule has 2 N–H and O–H groups in total. The summed E-state index contributed by atoms with van der Waals surface area (Å²) in [6, 6.07) is 8.58. The highest BCUT2D eigenvalue weighted by Crippen LogP contribution is 2.23. The van der Waals surface area contributed by atoms with Crippen LogP contribution >= 0.6 is 23.2 Å². The van der Waals surface area contributed by atoms with Gasteiger partial charge in [-0.25, -0.2) is 0 Å². The number of carbonyl (C=O) groups excluding carboxylic acids is 1. The summed E-state index contributed by atoms with van der Waals surface area (Å²) in [4.78, 5) is 13.7. The molecule has 2 rings (SSSR count). The first-order valence-corrected chi connectivity index (χ1v) is 6.75. The summed E-state index contributed by atoms with van der Waals surface area (Å²) in [6.45, 7) is 0.679. The van der Waals surface area contributed by atoms with Crippen molar-refractivity contribution in [2.75, 3.05) is 7.05 Å². The molecule has 106 valence electrons. The lowest BCUT2D eigenvalue weighted by Crippen LogP contribution is -2.25. The van der Waals surface area contributed by atoms with Gasteiger partial charge in [0.05, 0.1) is 16.6 Å². The van der Waals surface area contributed by atoms with Crippen LogP contribution < -0.4 is 5.73 Å². The van der Waals surface area contributed by atoms with Gasteiger partial charge in [0.15, 0.2) is 5.76 Å². The molecule has 0 unspecified atom stereocenters.